The highest BCUT2D eigenvalue weighted by Crippen LogP contribution is 2.33. The van der Waals surface area contributed by atoms with Gasteiger partial charge in [0.2, 0.25) is 6.79 Å². The van der Waals surface area contributed by atoms with Crippen molar-refractivity contribution >= 4 is 0 Å². The van der Waals surface area contributed by atoms with Crippen molar-refractivity contribution in [1.82, 2.24) is 5.32 Å². The van der Waals surface area contributed by atoms with Crippen LogP contribution in [0.25, 0.3) is 0 Å². The fraction of sp³-hybridized carbons (Fsp3) is 0.500. The van der Waals surface area contributed by atoms with Crippen molar-refractivity contribution in [2.75, 3.05) is 13.3 Å². The molecule has 2 aliphatic heterocycles. The molecule has 3 heteroatoms. The highest BCUT2D eigenvalue weighted by Gasteiger charge is 2.17. The number of nitrogens with one attached hydrogen (secondary N) is 1. The highest BCUT2D eigenvalue weighted by atomic mass is 16.7. The molecule has 0 spiro atoms. The predicted molar refractivity (Wildman–Crippen MR) is 57.3 cm³/mol. The summed E-state index contributed by atoms with van der Waals surface area (Å²) in [7, 11) is 0. The maximum Gasteiger partial charge on any atom is 0.231 e. The zero-order valence-electron chi connectivity index (χ0n) is 8.66. The van der Waals surface area contributed by atoms with Gasteiger partial charge in [0.25, 0.3) is 0 Å². The van der Waals surface area contributed by atoms with Gasteiger partial charge < -0.3 is 14.8 Å². The van der Waals surface area contributed by atoms with Gasteiger partial charge in [0.05, 0.1) is 0 Å². The Hall–Kier alpha value is -1.22. The molecule has 0 aliphatic carbocycles. The van der Waals surface area contributed by atoms with Gasteiger partial charge in [-0.3, -0.25) is 0 Å². The maximum absolute atomic E-state index is 5.36. The first-order valence-corrected chi connectivity index (χ1v) is 5.54. The Bertz CT molecular complexity index is 359. The van der Waals surface area contributed by atoms with Crippen molar-refractivity contribution in [1.29, 1.82) is 0 Å². The topological polar surface area (TPSA) is 30.5 Å². The van der Waals surface area contributed by atoms with E-state index in [9.17, 15) is 0 Å². The van der Waals surface area contributed by atoms with Crippen LogP contribution in [0.1, 0.15) is 18.4 Å². The molecule has 15 heavy (non-hydrogen) atoms. The van der Waals surface area contributed by atoms with Gasteiger partial charge >= 0.3 is 0 Å². The van der Waals surface area contributed by atoms with Crippen LogP contribution in [-0.4, -0.2) is 19.4 Å². The van der Waals surface area contributed by atoms with Gasteiger partial charge in [-0.15, -0.1) is 0 Å². The molecule has 2 aliphatic rings. The zero-order valence-corrected chi connectivity index (χ0v) is 8.66. The van der Waals surface area contributed by atoms with E-state index >= 15 is 0 Å². The summed E-state index contributed by atoms with van der Waals surface area (Å²) in [4.78, 5) is 0. The highest BCUT2D eigenvalue weighted by molar-refractivity contribution is 5.44. The summed E-state index contributed by atoms with van der Waals surface area (Å²) in [5.74, 6) is 1.77. The molecule has 0 aromatic heterocycles. The van der Waals surface area contributed by atoms with Crippen LogP contribution in [0.4, 0.5) is 0 Å². The standard InChI is InChI=1S/C12H15NO2/c1-2-10(13-5-1)6-9-3-4-11-12(7-9)15-8-14-11/h3-4,7,10,13H,1-2,5-6,8H2. The SMILES string of the molecule is c1cc2c(cc1CC1CCCN1)OCO2. The lowest BCUT2D eigenvalue weighted by molar-refractivity contribution is 0.174. The van der Waals surface area contributed by atoms with Crippen LogP contribution < -0.4 is 14.8 Å². The second-order valence-corrected chi connectivity index (χ2v) is 4.19. The number of rotatable bonds is 2. The number of fused-ring (bicyclic) bond motifs is 1. The van der Waals surface area contributed by atoms with Crippen molar-refractivity contribution in [3.05, 3.63) is 23.8 Å². The van der Waals surface area contributed by atoms with E-state index in [0.717, 1.165) is 24.5 Å². The average molecular weight is 205 g/mol. The predicted octanol–water partition coefficient (Wildman–Crippen LogP) is 1.71. The summed E-state index contributed by atoms with van der Waals surface area (Å²) in [6, 6.07) is 6.88. The molecule has 1 unspecified atom stereocenters. The van der Waals surface area contributed by atoms with Crippen LogP contribution in [0.15, 0.2) is 18.2 Å². The minimum atomic E-state index is 0.362. The van der Waals surface area contributed by atoms with Gasteiger partial charge in [0, 0.05) is 6.04 Å². The Morgan fingerprint density at radius 2 is 2.20 bits per heavy atom. The number of hydrogen-bond donors (Lipinski definition) is 1. The van der Waals surface area contributed by atoms with E-state index in [1.165, 1.54) is 18.4 Å². The summed E-state index contributed by atoms with van der Waals surface area (Å²) in [6.45, 7) is 1.52. The van der Waals surface area contributed by atoms with Crippen molar-refractivity contribution in [2.45, 2.75) is 25.3 Å². The first kappa shape index (κ1) is 9.04. The van der Waals surface area contributed by atoms with Gasteiger partial charge in [-0.05, 0) is 43.5 Å². The van der Waals surface area contributed by atoms with Crippen LogP contribution in [0.2, 0.25) is 0 Å². The third-order valence-corrected chi connectivity index (χ3v) is 3.08. The maximum atomic E-state index is 5.36. The number of benzene rings is 1. The molecular weight excluding hydrogens is 190 g/mol. The summed E-state index contributed by atoms with van der Waals surface area (Å²) in [5, 5.41) is 3.50. The molecular formula is C12H15NO2. The molecule has 2 heterocycles. The second-order valence-electron chi connectivity index (χ2n) is 4.19. The fourth-order valence-corrected chi connectivity index (χ4v) is 2.28. The summed E-state index contributed by atoms with van der Waals surface area (Å²) in [6.07, 6.45) is 3.68. The lowest BCUT2D eigenvalue weighted by atomic mass is 10.0. The van der Waals surface area contributed by atoms with E-state index in [1.807, 2.05) is 6.07 Å². The Labute approximate surface area is 89.4 Å². The van der Waals surface area contributed by atoms with Gasteiger partial charge in [-0.2, -0.15) is 0 Å². The summed E-state index contributed by atoms with van der Waals surface area (Å²) in [5.41, 5.74) is 1.33. The molecule has 0 saturated carbocycles. The molecule has 3 rings (SSSR count). The quantitative estimate of drug-likeness (QED) is 0.797. The molecule has 1 aromatic rings. The Balaban J connectivity index is 1.75. The molecule has 1 saturated heterocycles. The van der Waals surface area contributed by atoms with Crippen LogP contribution >= 0.6 is 0 Å². The summed E-state index contributed by atoms with van der Waals surface area (Å²) >= 11 is 0. The lowest BCUT2D eigenvalue weighted by Gasteiger charge is -2.10. The third-order valence-electron chi connectivity index (χ3n) is 3.08. The van der Waals surface area contributed by atoms with Crippen molar-refractivity contribution < 1.29 is 9.47 Å². The smallest absolute Gasteiger partial charge is 0.231 e. The molecule has 1 atom stereocenters. The van der Waals surface area contributed by atoms with Gasteiger partial charge in [0.1, 0.15) is 0 Å². The number of hydrogen-bond acceptors (Lipinski definition) is 3. The average Bonchev–Trinajstić information content (AvgIpc) is 2.87. The molecule has 3 nitrogen and oxygen atoms in total. The molecule has 0 amide bonds. The first-order valence-electron chi connectivity index (χ1n) is 5.54. The third kappa shape index (κ3) is 1.79. The summed E-state index contributed by atoms with van der Waals surface area (Å²) < 4.78 is 10.6. The molecule has 1 N–H and O–H groups in total. The minimum absolute atomic E-state index is 0.362. The monoisotopic (exact) mass is 205 g/mol. The Kier molecular flexibility index (Phi) is 2.25. The van der Waals surface area contributed by atoms with E-state index in [0.29, 0.717) is 12.8 Å². The Morgan fingerprint density at radius 1 is 1.27 bits per heavy atom. The molecule has 0 radical (unpaired) electrons. The van der Waals surface area contributed by atoms with Crippen molar-refractivity contribution in [3.63, 3.8) is 0 Å². The lowest BCUT2D eigenvalue weighted by Crippen LogP contribution is -2.23. The second kappa shape index (κ2) is 3.74. The first-order chi connectivity index (χ1) is 7.42. The van der Waals surface area contributed by atoms with E-state index in [-0.39, 0.29) is 0 Å². The van der Waals surface area contributed by atoms with Crippen molar-refractivity contribution in [3.8, 4) is 11.5 Å². The fourth-order valence-electron chi connectivity index (χ4n) is 2.28. The largest absolute Gasteiger partial charge is 0.454 e. The van der Waals surface area contributed by atoms with E-state index in [4.69, 9.17) is 9.47 Å². The van der Waals surface area contributed by atoms with E-state index < -0.39 is 0 Å². The van der Waals surface area contributed by atoms with Crippen LogP contribution in [-0.2, 0) is 6.42 Å². The zero-order chi connectivity index (χ0) is 10.1. The van der Waals surface area contributed by atoms with Crippen LogP contribution in [0.5, 0.6) is 11.5 Å². The normalized spacial score (nSPS) is 23.3. The molecule has 1 fully saturated rings. The van der Waals surface area contributed by atoms with Gasteiger partial charge in [0.15, 0.2) is 11.5 Å². The van der Waals surface area contributed by atoms with Crippen LogP contribution in [0, 0.1) is 0 Å². The molecule has 1 aromatic carbocycles. The Morgan fingerprint density at radius 3 is 3.07 bits per heavy atom. The van der Waals surface area contributed by atoms with E-state index in [1.54, 1.807) is 0 Å². The minimum Gasteiger partial charge on any atom is -0.454 e. The van der Waals surface area contributed by atoms with Crippen LogP contribution in [0.3, 0.4) is 0 Å². The van der Waals surface area contributed by atoms with Gasteiger partial charge in [-0.25, -0.2) is 0 Å². The van der Waals surface area contributed by atoms with Crippen molar-refractivity contribution in [2.24, 2.45) is 0 Å². The van der Waals surface area contributed by atoms with Gasteiger partial charge in [-0.1, -0.05) is 6.07 Å². The van der Waals surface area contributed by atoms with E-state index in [2.05, 4.69) is 17.4 Å². The molecule has 80 valence electrons. The molecule has 0 bridgehead atoms. The number of ether oxygens (including phenoxy) is 2.